The molecule has 0 bridgehead atoms. The summed E-state index contributed by atoms with van der Waals surface area (Å²) in [5.74, 6) is -0.541. The molecule has 0 spiro atoms. The fourth-order valence-corrected chi connectivity index (χ4v) is 3.06. The first-order valence-electron chi connectivity index (χ1n) is 8.04. The minimum absolute atomic E-state index is 0.135. The minimum Gasteiger partial charge on any atom is -0.425 e. The van der Waals surface area contributed by atoms with E-state index in [1.165, 1.54) is 6.07 Å². The number of carbonyl (C=O) groups is 2. The van der Waals surface area contributed by atoms with Gasteiger partial charge in [0, 0.05) is 42.8 Å². The average molecular weight is 352 g/mol. The number of hydrogen-bond donors (Lipinski definition) is 2. The van der Waals surface area contributed by atoms with Gasteiger partial charge >= 0.3 is 5.97 Å². The smallest absolute Gasteiger partial charge is 0.325 e. The molecule has 0 unspecified atom stereocenters. The Hall–Kier alpha value is -3.23. The van der Waals surface area contributed by atoms with Crippen LogP contribution in [0, 0.1) is 0 Å². The van der Waals surface area contributed by atoms with Crippen molar-refractivity contribution in [3.8, 4) is 5.75 Å². The van der Waals surface area contributed by atoms with Crippen LogP contribution in [0.2, 0.25) is 0 Å². The molecule has 3 heterocycles. The Morgan fingerprint density at radius 2 is 2.12 bits per heavy atom. The zero-order valence-corrected chi connectivity index (χ0v) is 13.8. The predicted molar refractivity (Wildman–Crippen MR) is 90.6 cm³/mol. The molecule has 1 aromatic carbocycles. The summed E-state index contributed by atoms with van der Waals surface area (Å²) in [5.41, 5.74) is 4.46. The van der Waals surface area contributed by atoms with Crippen molar-refractivity contribution in [2.45, 2.75) is 13.1 Å². The molecule has 0 aliphatic carbocycles. The number of hydroxylamine groups is 1. The quantitative estimate of drug-likeness (QED) is 0.320. The number of pyridine rings is 1. The molecule has 26 heavy (non-hydrogen) atoms. The van der Waals surface area contributed by atoms with Gasteiger partial charge in [0.1, 0.15) is 11.4 Å². The maximum Gasteiger partial charge on any atom is 0.325 e. The van der Waals surface area contributed by atoms with Gasteiger partial charge in [0.2, 0.25) is 0 Å². The van der Waals surface area contributed by atoms with Crippen molar-refractivity contribution in [1.82, 2.24) is 19.8 Å². The fraction of sp³-hybridized carbons (Fsp3) is 0.167. The number of fused-ring (bicyclic) bond motifs is 2. The van der Waals surface area contributed by atoms with Gasteiger partial charge < -0.3 is 9.14 Å². The van der Waals surface area contributed by atoms with E-state index < -0.39 is 5.91 Å². The Balaban J connectivity index is 1.61. The number of rotatable bonds is 3. The van der Waals surface area contributed by atoms with E-state index in [-0.39, 0.29) is 12.5 Å². The summed E-state index contributed by atoms with van der Waals surface area (Å²) >= 11 is 0. The van der Waals surface area contributed by atoms with Crippen LogP contribution in [0.3, 0.4) is 0 Å². The zero-order valence-electron chi connectivity index (χ0n) is 13.8. The molecule has 8 heteroatoms. The normalized spacial score (nSPS) is 14.6. The van der Waals surface area contributed by atoms with E-state index in [2.05, 4.69) is 4.98 Å². The standard InChI is InChI=1S/C18H16N4O4/c23-17-11-21(9-12-3-5-22-6-4-19-16(22)7-12)10-14-8-13(18(24)20-25)1-2-15(14)26-17/h1-8,25H,9-11H2,(H,20,24). The second-order valence-corrected chi connectivity index (χ2v) is 6.11. The summed E-state index contributed by atoms with van der Waals surface area (Å²) in [5, 5.41) is 8.80. The lowest BCUT2D eigenvalue weighted by Crippen LogP contribution is -2.28. The second-order valence-electron chi connectivity index (χ2n) is 6.11. The topological polar surface area (TPSA) is 96.2 Å². The van der Waals surface area contributed by atoms with Crippen LogP contribution >= 0.6 is 0 Å². The molecule has 3 aromatic rings. The van der Waals surface area contributed by atoms with Gasteiger partial charge in [0.25, 0.3) is 5.91 Å². The highest BCUT2D eigenvalue weighted by Crippen LogP contribution is 2.26. The van der Waals surface area contributed by atoms with Crippen molar-refractivity contribution in [2.75, 3.05) is 6.54 Å². The van der Waals surface area contributed by atoms with E-state index in [0.29, 0.717) is 30.0 Å². The number of ether oxygens (including phenoxy) is 1. The van der Waals surface area contributed by atoms with Crippen LogP contribution in [0.5, 0.6) is 5.75 Å². The molecule has 1 amide bonds. The zero-order chi connectivity index (χ0) is 18.1. The highest BCUT2D eigenvalue weighted by atomic mass is 16.5. The SMILES string of the molecule is O=C1CN(Cc2ccn3ccnc3c2)Cc2cc(C(=O)NO)ccc2O1. The molecule has 8 nitrogen and oxygen atoms in total. The number of imidazole rings is 1. The number of hydrogen-bond acceptors (Lipinski definition) is 6. The molecule has 0 saturated carbocycles. The minimum atomic E-state index is -0.611. The fourth-order valence-electron chi connectivity index (χ4n) is 3.06. The van der Waals surface area contributed by atoms with Gasteiger partial charge in [0.05, 0.1) is 6.54 Å². The molecule has 1 aliphatic rings. The van der Waals surface area contributed by atoms with E-state index >= 15 is 0 Å². The summed E-state index contributed by atoms with van der Waals surface area (Å²) in [6.45, 7) is 1.11. The van der Waals surface area contributed by atoms with Crippen molar-refractivity contribution in [3.63, 3.8) is 0 Å². The Morgan fingerprint density at radius 3 is 2.96 bits per heavy atom. The monoisotopic (exact) mass is 352 g/mol. The molecule has 0 saturated heterocycles. The number of amides is 1. The number of nitrogens with one attached hydrogen (secondary N) is 1. The second kappa shape index (κ2) is 6.58. The van der Waals surface area contributed by atoms with Gasteiger partial charge in [0.15, 0.2) is 0 Å². The Bertz CT molecular complexity index is 998. The van der Waals surface area contributed by atoms with Gasteiger partial charge in [-0.05, 0) is 35.9 Å². The van der Waals surface area contributed by atoms with Crippen molar-refractivity contribution < 1.29 is 19.5 Å². The third-order valence-corrected chi connectivity index (χ3v) is 4.26. The molecule has 2 N–H and O–H groups in total. The van der Waals surface area contributed by atoms with Crippen LogP contribution in [-0.4, -0.2) is 37.9 Å². The van der Waals surface area contributed by atoms with Gasteiger partial charge in [-0.3, -0.25) is 19.7 Å². The molecular weight excluding hydrogens is 336 g/mol. The van der Waals surface area contributed by atoms with Crippen molar-refractivity contribution >= 4 is 17.5 Å². The molecule has 4 rings (SSSR count). The van der Waals surface area contributed by atoms with E-state index in [1.54, 1.807) is 23.8 Å². The number of carbonyl (C=O) groups excluding carboxylic acids is 2. The van der Waals surface area contributed by atoms with Gasteiger partial charge in [-0.25, -0.2) is 10.5 Å². The lowest BCUT2D eigenvalue weighted by molar-refractivity contribution is -0.135. The van der Waals surface area contributed by atoms with Gasteiger partial charge in [-0.15, -0.1) is 0 Å². The van der Waals surface area contributed by atoms with Crippen molar-refractivity contribution in [2.24, 2.45) is 0 Å². The largest absolute Gasteiger partial charge is 0.425 e. The lowest BCUT2D eigenvalue weighted by Gasteiger charge is -2.18. The first-order chi connectivity index (χ1) is 12.6. The molecular formula is C18H16N4O4. The first kappa shape index (κ1) is 16.2. The van der Waals surface area contributed by atoms with E-state index in [0.717, 1.165) is 11.2 Å². The maximum absolute atomic E-state index is 12.1. The predicted octanol–water partition coefficient (Wildman–Crippen LogP) is 1.37. The summed E-state index contributed by atoms with van der Waals surface area (Å²) in [4.78, 5) is 29.9. The van der Waals surface area contributed by atoms with E-state index in [1.807, 2.05) is 33.8 Å². The summed E-state index contributed by atoms with van der Waals surface area (Å²) in [7, 11) is 0. The molecule has 132 valence electrons. The van der Waals surface area contributed by atoms with Crippen LogP contribution in [0.1, 0.15) is 21.5 Å². The van der Waals surface area contributed by atoms with Crippen LogP contribution in [-0.2, 0) is 17.9 Å². The molecule has 1 aliphatic heterocycles. The number of esters is 1. The van der Waals surface area contributed by atoms with Crippen LogP contribution in [0.25, 0.3) is 5.65 Å². The van der Waals surface area contributed by atoms with Gasteiger partial charge in [-0.1, -0.05) is 0 Å². The average Bonchev–Trinajstić information content (AvgIpc) is 3.03. The summed E-state index contributed by atoms with van der Waals surface area (Å²) in [6.07, 6.45) is 5.52. The number of nitrogens with zero attached hydrogens (tertiary/aromatic N) is 3. The molecule has 0 fully saturated rings. The Labute approximate surface area is 148 Å². The van der Waals surface area contributed by atoms with Gasteiger partial charge in [-0.2, -0.15) is 0 Å². The number of benzene rings is 1. The van der Waals surface area contributed by atoms with Crippen LogP contribution in [0.4, 0.5) is 0 Å². The highest BCUT2D eigenvalue weighted by Gasteiger charge is 2.22. The highest BCUT2D eigenvalue weighted by molar-refractivity contribution is 5.93. The summed E-state index contributed by atoms with van der Waals surface area (Å²) < 4.78 is 7.27. The third-order valence-electron chi connectivity index (χ3n) is 4.26. The Morgan fingerprint density at radius 1 is 1.23 bits per heavy atom. The number of aromatic nitrogens is 2. The van der Waals surface area contributed by atoms with Crippen LogP contribution in [0.15, 0.2) is 48.9 Å². The van der Waals surface area contributed by atoms with Crippen molar-refractivity contribution in [1.29, 1.82) is 0 Å². The van der Waals surface area contributed by atoms with Crippen molar-refractivity contribution in [3.05, 3.63) is 65.6 Å². The molecule has 0 atom stereocenters. The third kappa shape index (κ3) is 3.15. The Kier molecular flexibility index (Phi) is 4.11. The van der Waals surface area contributed by atoms with Crippen LogP contribution < -0.4 is 10.2 Å². The lowest BCUT2D eigenvalue weighted by atomic mass is 10.1. The molecule has 2 aromatic heterocycles. The molecule has 0 radical (unpaired) electrons. The first-order valence-corrected chi connectivity index (χ1v) is 8.04. The van der Waals surface area contributed by atoms with E-state index in [9.17, 15) is 9.59 Å². The maximum atomic E-state index is 12.1. The summed E-state index contributed by atoms with van der Waals surface area (Å²) in [6, 6.07) is 8.62. The van der Waals surface area contributed by atoms with E-state index in [4.69, 9.17) is 9.94 Å².